The van der Waals surface area contributed by atoms with Gasteiger partial charge < -0.3 is 0 Å². The fraction of sp³-hybridized carbons (Fsp3) is 0.500. The van der Waals surface area contributed by atoms with E-state index in [1.165, 1.54) is 12.8 Å². The maximum absolute atomic E-state index is 13.3. The molecule has 1 aromatic heterocycles. The second-order valence-corrected chi connectivity index (χ2v) is 8.64. The van der Waals surface area contributed by atoms with Gasteiger partial charge in [-0.25, -0.2) is 8.42 Å². The summed E-state index contributed by atoms with van der Waals surface area (Å²) in [6.45, 7) is 2.33. The highest BCUT2D eigenvalue weighted by Gasteiger charge is 2.32. The summed E-state index contributed by atoms with van der Waals surface area (Å²) < 4.78 is 30.0. The van der Waals surface area contributed by atoms with Crippen molar-refractivity contribution in [3.63, 3.8) is 0 Å². The Morgan fingerprint density at radius 2 is 1.88 bits per heavy atom. The van der Waals surface area contributed by atoms with Crippen molar-refractivity contribution in [2.24, 2.45) is 0 Å². The monoisotopic (exact) mass is 345 g/mol. The molecule has 0 atom stereocenters. The van der Waals surface area contributed by atoms with E-state index in [1.54, 1.807) is 17.4 Å². The standard InChI is InChI=1S/C18H23N3O2S/c1-14-18(13-20(19-14)16-9-3-4-10-16)24(22,23)21-12-6-8-15-7-2-5-11-17(15)21/h2,5,7,11,13,16H,3-4,6,8-10,12H2,1H3. The molecule has 128 valence electrons. The van der Waals surface area contributed by atoms with Crippen molar-refractivity contribution in [2.45, 2.75) is 56.4 Å². The third-order valence-electron chi connectivity index (χ3n) is 5.21. The molecule has 0 saturated heterocycles. The summed E-state index contributed by atoms with van der Waals surface area (Å²) in [4.78, 5) is 0.353. The molecule has 2 aliphatic rings. The normalized spacial score (nSPS) is 18.8. The number of aromatic nitrogens is 2. The van der Waals surface area contributed by atoms with E-state index in [-0.39, 0.29) is 0 Å². The fourth-order valence-electron chi connectivity index (χ4n) is 3.94. The molecule has 0 radical (unpaired) electrons. The lowest BCUT2D eigenvalue weighted by Gasteiger charge is -2.30. The van der Waals surface area contributed by atoms with Crippen molar-refractivity contribution < 1.29 is 8.42 Å². The van der Waals surface area contributed by atoms with Crippen LogP contribution in [0.2, 0.25) is 0 Å². The maximum atomic E-state index is 13.3. The van der Waals surface area contributed by atoms with Crippen LogP contribution in [0.15, 0.2) is 35.4 Å². The molecule has 2 aromatic rings. The molecule has 1 saturated carbocycles. The Kier molecular flexibility index (Phi) is 3.87. The minimum Gasteiger partial charge on any atom is -0.268 e. The predicted octanol–water partition coefficient (Wildman–Crippen LogP) is 3.45. The molecule has 1 fully saturated rings. The summed E-state index contributed by atoms with van der Waals surface area (Å²) >= 11 is 0. The number of hydrogen-bond acceptors (Lipinski definition) is 3. The number of hydrogen-bond donors (Lipinski definition) is 0. The number of rotatable bonds is 3. The van der Waals surface area contributed by atoms with Crippen LogP contribution in [0.3, 0.4) is 0 Å². The van der Waals surface area contributed by atoms with E-state index in [0.717, 1.165) is 36.9 Å². The van der Waals surface area contributed by atoms with E-state index < -0.39 is 10.0 Å². The predicted molar refractivity (Wildman–Crippen MR) is 93.8 cm³/mol. The van der Waals surface area contributed by atoms with Gasteiger partial charge in [0.15, 0.2) is 0 Å². The van der Waals surface area contributed by atoms with Crippen LogP contribution < -0.4 is 4.31 Å². The Morgan fingerprint density at radius 1 is 1.12 bits per heavy atom. The first-order valence-electron chi connectivity index (χ1n) is 8.74. The van der Waals surface area contributed by atoms with Crippen LogP contribution in [-0.2, 0) is 16.4 Å². The van der Waals surface area contributed by atoms with Crippen molar-refractivity contribution >= 4 is 15.7 Å². The summed E-state index contributed by atoms with van der Waals surface area (Å²) in [6, 6.07) is 8.15. The first kappa shape index (κ1) is 15.7. The molecular weight excluding hydrogens is 322 g/mol. The van der Waals surface area contributed by atoms with Crippen molar-refractivity contribution in [3.05, 3.63) is 41.7 Å². The van der Waals surface area contributed by atoms with Crippen LogP contribution in [0.5, 0.6) is 0 Å². The highest BCUT2D eigenvalue weighted by Crippen LogP contribution is 2.34. The van der Waals surface area contributed by atoms with E-state index in [4.69, 9.17) is 0 Å². The zero-order valence-corrected chi connectivity index (χ0v) is 14.8. The van der Waals surface area contributed by atoms with Gasteiger partial charge in [0, 0.05) is 12.7 Å². The van der Waals surface area contributed by atoms with E-state index in [2.05, 4.69) is 5.10 Å². The van der Waals surface area contributed by atoms with Gasteiger partial charge in [0.05, 0.1) is 17.4 Å². The summed E-state index contributed by atoms with van der Waals surface area (Å²) in [5.41, 5.74) is 2.52. The lowest BCUT2D eigenvalue weighted by Crippen LogP contribution is -2.35. The molecule has 0 unspecified atom stereocenters. The number of sulfonamides is 1. The molecule has 1 aliphatic heterocycles. The average molecular weight is 345 g/mol. The van der Waals surface area contributed by atoms with Crippen LogP contribution in [0, 0.1) is 6.92 Å². The molecule has 4 rings (SSSR count). The topological polar surface area (TPSA) is 55.2 Å². The van der Waals surface area contributed by atoms with Crippen LogP contribution in [0.25, 0.3) is 0 Å². The summed E-state index contributed by atoms with van der Waals surface area (Å²) in [5, 5.41) is 4.52. The van der Waals surface area contributed by atoms with Crippen molar-refractivity contribution in [3.8, 4) is 0 Å². The molecule has 0 spiro atoms. The van der Waals surface area contributed by atoms with E-state index >= 15 is 0 Å². The second-order valence-electron chi connectivity index (χ2n) is 6.81. The molecule has 2 heterocycles. The van der Waals surface area contributed by atoms with Gasteiger partial charge in [0.2, 0.25) is 0 Å². The molecule has 5 nitrogen and oxygen atoms in total. The Bertz CT molecular complexity index is 851. The molecule has 0 N–H and O–H groups in total. The number of para-hydroxylation sites is 1. The van der Waals surface area contributed by atoms with E-state index in [9.17, 15) is 8.42 Å². The lowest BCUT2D eigenvalue weighted by molar-refractivity contribution is 0.464. The molecule has 6 heteroatoms. The average Bonchev–Trinajstić information content (AvgIpc) is 3.23. The smallest absolute Gasteiger partial charge is 0.267 e. The molecular formula is C18H23N3O2S. The minimum absolute atomic E-state index is 0.348. The number of benzene rings is 1. The Hall–Kier alpha value is -1.82. The van der Waals surface area contributed by atoms with Crippen LogP contribution >= 0.6 is 0 Å². The Balaban J connectivity index is 1.74. The summed E-state index contributed by atoms with van der Waals surface area (Å²) in [6.07, 6.45) is 8.11. The number of nitrogens with zero attached hydrogens (tertiary/aromatic N) is 3. The maximum Gasteiger partial charge on any atom is 0.267 e. The zero-order chi connectivity index (χ0) is 16.7. The van der Waals surface area contributed by atoms with Gasteiger partial charge in [-0.15, -0.1) is 0 Å². The number of fused-ring (bicyclic) bond motifs is 1. The van der Waals surface area contributed by atoms with Gasteiger partial charge in [-0.1, -0.05) is 31.0 Å². The van der Waals surface area contributed by atoms with Crippen molar-refractivity contribution in [1.29, 1.82) is 0 Å². The number of anilines is 1. The first-order valence-corrected chi connectivity index (χ1v) is 10.2. The zero-order valence-electron chi connectivity index (χ0n) is 14.0. The Morgan fingerprint density at radius 3 is 2.67 bits per heavy atom. The number of aryl methyl sites for hydroxylation is 2. The van der Waals surface area contributed by atoms with Gasteiger partial charge in [-0.2, -0.15) is 5.10 Å². The van der Waals surface area contributed by atoms with Crippen molar-refractivity contribution in [1.82, 2.24) is 9.78 Å². The highest BCUT2D eigenvalue weighted by molar-refractivity contribution is 7.92. The van der Waals surface area contributed by atoms with E-state index in [1.807, 2.05) is 28.9 Å². The minimum atomic E-state index is -3.56. The van der Waals surface area contributed by atoms with Gasteiger partial charge in [-0.05, 0) is 44.2 Å². The SMILES string of the molecule is Cc1nn(C2CCCC2)cc1S(=O)(=O)N1CCCc2ccccc21. The largest absolute Gasteiger partial charge is 0.268 e. The van der Waals surface area contributed by atoms with Gasteiger partial charge in [-0.3, -0.25) is 8.99 Å². The van der Waals surface area contributed by atoms with Gasteiger partial charge >= 0.3 is 0 Å². The third-order valence-corrected chi connectivity index (χ3v) is 7.12. The first-order chi connectivity index (χ1) is 11.6. The van der Waals surface area contributed by atoms with E-state index in [0.29, 0.717) is 23.2 Å². The quantitative estimate of drug-likeness (QED) is 0.856. The fourth-order valence-corrected chi connectivity index (χ4v) is 5.64. The second kappa shape index (κ2) is 5.92. The van der Waals surface area contributed by atoms with Crippen molar-refractivity contribution in [2.75, 3.05) is 10.8 Å². The third kappa shape index (κ3) is 2.53. The molecule has 0 amide bonds. The lowest BCUT2D eigenvalue weighted by atomic mass is 10.0. The van der Waals surface area contributed by atoms with Crippen LogP contribution in [0.1, 0.15) is 49.4 Å². The molecule has 1 aromatic carbocycles. The van der Waals surface area contributed by atoms with Gasteiger partial charge in [0.25, 0.3) is 10.0 Å². The van der Waals surface area contributed by atoms with Gasteiger partial charge in [0.1, 0.15) is 4.90 Å². The summed E-state index contributed by atoms with van der Waals surface area (Å²) in [5.74, 6) is 0. The Labute approximate surface area is 143 Å². The molecule has 24 heavy (non-hydrogen) atoms. The highest BCUT2D eigenvalue weighted by atomic mass is 32.2. The molecule has 1 aliphatic carbocycles. The molecule has 0 bridgehead atoms. The van der Waals surface area contributed by atoms with Crippen LogP contribution in [-0.4, -0.2) is 24.7 Å². The summed E-state index contributed by atoms with van der Waals surface area (Å²) in [7, 11) is -3.56. The van der Waals surface area contributed by atoms with Crippen LogP contribution in [0.4, 0.5) is 5.69 Å².